The van der Waals surface area contributed by atoms with Crippen LogP contribution in [0.2, 0.25) is 0 Å². The summed E-state index contributed by atoms with van der Waals surface area (Å²) in [7, 11) is 0. The Labute approximate surface area is 194 Å². The topological polar surface area (TPSA) is 102 Å². The van der Waals surface area contributed by atoms with Gasteiger partial charge in [0, 0.05) is 17.3 Å². The molecule has 0 fully saturated rings. The Morgan fingerprint density at radius 1 is 1.15 bits per heavy atom. The van der Waals surface area contributed by atoms with Gasteiger partial charge in [-0.05, 0) is 55.2 Å². The monoisotopic (exact) mass is 453 g/mol. The lowest BCUT2D eigenvalue weighted by Gasteiger charge is -2.25. The molecule has 0 aliphatic rings. The number of phenolic OH excluding ortho intramolecular Hbond substituents is 1. The number of benzene rings is 2. The molecular weight excluding hydrogens is 422 g/mol. The Kier molecular flexibility index (Phi) is 8.40. The molecule has 0 aliphatic carbocycles. The van der Waals surface area contributed by atoms with Crippen molar-refractivity contribution in [3.05, 3.63) is 65.7 Å². The highest BCUT2D eigenvalue weighted by atomic mass is 16.5. The summed E-state index contributed by atoms with van der Waals surface area (Å²) >= 11 is 0. The van der Waals surface area contributed by atoms with Crippen molar-refractivity contribution in [2.75, 3.05) is 18.5 Å². The zero-order chi connectivity index (χ0) is 24.8. The Bertz CT molecular complexity index is 1050. The van der Waals surface area contributed by atoms with E-state index >= 15 is 0 Å². The van der Waals surface area contributed by atoms with Crippen molar-refractivity contribution in [2.45, 2.75) is 46.1 Å². The van der Waals surface area contributed by atoms with Gasteiger partial charge in [0.1, 0.15) is 23.7 Å². The van der Waals surface area contributed by atoms with Crippen LogP contribution in [0.1, 0.15) is 60.9 Å². The number of carbonyl (C=O) groups is 3. The number of phenols is 1. The molecule has 2 N–H and O–H groups in total. The van der Waals surface area contributed by atoms with Crippen LogP contribution in [-0.4, -0.2) is 41.9 Å². The van der Waals surface area contributed by atoms with Crippen LogP contribution in [0.4, 0.5) is 5.69 Å². The van der Waals surface area contributed by atoms with Gasteiger partial charge in [0.05, 0.1) is 6.04 Å². The molecule has 1 atom stereocenters. The molecule has 0 heterocycles. The minimum Gasteiger partial charge on any atom is -0.507 e. The quantitative estimate of drug-likeness (QED) is 0.306. The van der Waals surface area contributed by atoms with Crippen LogP contribution < -0.4 is 10.1 Å². The number of nitrogens with one attached hydrogen (secondary N) is 1. The van der Waals surface area contributed by atoms with Gasteiger partial charge < -0.3 is 19.9 Å². The predicted molar refractivity (Wildman–Crippen MR) is 127 cm³/mol. The molecule has 0 aromatic heterocycles. The fourth-order valence-electron chi connectivity index (χ4n) is 3.02. The third kappa shape index (κ3) is 6.94. The Morgan fingerprint density at radius 2 is 1.85 bits per heavy atom. The third-order valence-corrected chi connectivity index (χ3v) is 5.02. The maximum absolute atomic E-state index is 12.8. The van der Waals surface area contributed by atoms with E-state index in [1.165, 1.54) is 31.2 Å². The van der Waals surface area contributed by atoms with E-state index < -0.39 is 5.97 Å². The summed E-state index contributed by atoms with van der Waals surface area (Å²) in [6, 6.07) is 9.05. The number of hydrogen-bond acceptors (Lipinski definition) is 7. The van der Waals surface area contributed by atoms with Gasteiger partial charge in [0.2, 0.25) is 0 Å². The van der Waals surface area contributed by atoms with Crippen LogP contribution in [0, 0.1) is 0 Å². The fraction of sp³-hybridized carbons (Fsp3) is 0.346. The van der Waals surface area contributed by atoms with Gasteiger partial charge in [-0.1, -0.05) is 33.4 Å². The summed E-state index contributed by atoms with van der Waals surface area (Å²) in [6.45, 7) is 12.6. The number of hydrogen-bond donors (Lipinski definition) is 2. The summed E-state index contributed by atoms with van der Waals surface area (Å²) in [5.74, 6) is -0.977. The van der Waals surface area contributed by atoms with Crippen molar-refractivity contribution in [3.63, 3.8) is 0 Å². The first-order valence-corrected chi connectivity index (χ1v) is 10.6. The molecular formula is C26H31NO6. The van der Waals surface area contributed by atoms with Crippen molar-refractivity contribution >= 4 is 23.2 Å². The first kappa shape index (κ1) is 25.6. The lowest BCUT2D eigenvalue weighted by atomic mass is 9.84. The van der Waals surface area contributed by atoms with E-state index in [4.69, 9.17) is 9.47 Å². The number of carbonyl (C=O) groups excluding carboxylic acids is 3. The second-order valence-corrected chi connectivity index (χ2v) is 8.76. The molecule has 0 spiro atoms. The van der Waals surface area contributed by atoms with E-state index in [0.29, 0.717) is 5.56 Å². The molecule has 2 aromatic rings. The molecule has 176 valence electrons. The second kappa shape index (κ2) is 10.8. The molecule has 7 heteroatoms. The van der Waals surface area contributed by atoms with Gasteiger partial charge in [-0.15, -0.1) is 0 Å². The van der Waals surface area contributed by atoms with Crippen LogP contribution >= 0.6 is 0 Å². The summed E-state index contributed by atoms with van der Waals surface area (Å²) in [5.41, 5.74) is 1.90. The normalized spacial score (nSPS) is 11.9. The van der Waals surface area contributed by atoms with E-state index in [-0.39, 0.29) is 53.3 Å². The van der Waals surface area contributed by atoms with E-state index in [1.807, 2.05) is 20.8 Å². The van der Waals surface area contributed by atoms with Crippen molar-refractivity contribution in [3.8, 4) is 11.5 Å². The zero-order valence-electron chi connectivity index (χ0n) is 19.7. The zero-order valence-corrected chi connectivity index (χ0v) is 19.7. The molecule has 0 aliphatic heterocycles. The van der Waals surface area contributed by atoms with Gasteiger partial charge in [0.15, 0.2) is 18.2 Å². The average Bonchev–Trinajstić information content (AvgIpc) is 2.75. The highest BCUT2D eigenvalue weighted by Gasteiger charge is 2.22. The molecule has 2 rings (SSSR count). The van der Waals surface area contributed by atoms with Crippen molar-refractivity contribution in [2.24, 2.45) is 0 Å². The fourth-order valence-corrected chi connectivity index (χ4v) is 3.02. The summed E-state index contributed by atoms with van der Waals surface area (Å²) < 4.78 is 10.4. The van der Waals surface area contributed by atoms with E-state index in [0.717, 1.165) is 11.3 Å². The maximum Gasteiger partial charge on any atom is 0.342 e. The Balaban J connectivity index is 2.15. The minimum absolute atomic E-state index is 0.00627. The molecule has 0 radical (unpaired) electrons. The number of rotatable bonds is 10. The molecule has 2 aromatic carbocycles. The summed E-state index contributed by atoms with van der Waals surface area (Å²) in [6.07, 6.45) is 1.43. The molecule has 1 unspecified atom stereocenters. The molecule has 7 nitrogen and oxygen atoms in total. The minimum atomic E-state index is -0.683. The Hall–Kier alpha value is -3.61. The number of Topliss-reactive ketones (excluding diaryl/α,β-unsaturated/α-hetero) is 2. The van der Waals surface area contributed by atoms with Crippen molar-refractivity contribution in [1.82, 2.24) is 0 Å². The third-order valence-electron chi connectivity index (χ3n) is 5.02. The number of esters is 1. The largest absolute Gasteiger partial charge is 0.507 e. The number of anilines is 1. The first-order valence-electron chi connectivity index (χ1n) is 10.6. The second-order valence-electron chi connectivity index (χ2n) is 8.76. The van der Waals surface area contributed by atoms with Crippen LogP contribution in [0.3, 0.4) is 0 Å². The highest BCUT2D eigenvalue weighted by Crippen LogP contribution is 2.31. The highest BCUT2D eigenvalue weighted by molar-refractivity contribution is 5.98. The lowest BCUT2D eigenvalue weighted by Crippen LogP contribution is -2.26. The first-order chi connectivity index (χ1) is 15.4. The molecule has 33 heavy (non-hydrogen) atoms. The van der Waals surface area contributed by atoms with Crippen LogP contribution in [0.25, 0.3) is 0 Å². The van der Waals surface area contributed by atoms with Crippen LogP contribution in [0.15, 0.2) is 49.1 Å². The van der Waals surface area contributed by atoms with Gasteiger partial charge in [-0.2, -0.15) is 0 Å². The number of aromatic hydroxyl groups is 1. The predicted octanol–water partition coefficient (Wildman–Crippen LogP) is 4.68. The average molecular weight is 454 g/mol. The SMILES string of the molecule is C=CCOC(=O)c1ccc(OCC(=O)c2ccc(NC(C)C(C)=O)c(C(C)(C)C)c2)cc1O. The van der Waals surface area contributed by atoms with Crippen LogP contribution in [-0.2, 0) is 14.9 Å². The molecule has 0 saturated carbocycles. The van der Waals surface area contributed by atoms with Gasteiger partial charge >= 0.3 is 5.97 Å². The van der Waals surface area contributed by atoms with Crippen LogP contribution in [0.5, 0.6) is 11.5 Å². The molecule has 0 bridgehead atoms. The van der Waals surface area contributed by atoms with Gasteiger partial charge in [-0.25, -0.2) is 4.79 Å². The standard InChI is InChI=1S/C26H31NO6/c1-7-12-32-25(31)20-10-9-19(14-23(20)29)33-15-24(30)18-8-11-22(27-16(2)17(3)28)21(13-18)26(4,5)6/h7-11,13-14,16,27,29H,1,12,15H2,2-6H3. The maximum atomic E-state index is 12.8. The van der Waals surface area contributed by atoms with Gasteiger partial charge in [0.25, 0.3) is 0 Å². The van der Waals surface area contributed by atoms with Crippen molar-refractivity contribution < 1.29 is 29.0 Å². The van der Waals surface area contributed by atoms with E-state index in [9.17, 15) is 19.5 Å². The summed E-state index contributed by atoms with van der Waals surface area (Å²) in [5, 5.41) is 13.3. The molecule has 0 amide bonds. The number of ketones is 2. The van der Waals surface area contributed by atoms with E-state index in [2.05, 4.69) is 11.9 Å². The lowest BCUT2D eigenvalue weighted by molar-refractivity contribution is -0.117. The summed E-state index contributed by atoms with van der Waals surface area (Å²) in [4.78, 5) is 36.3. The molecule has 0 saturated heterocycles. The van der Waals surface area contributed by atoms with Crippen molar-refractivity contribution in [1.29, 1.82) is 0 Å². The number of ether oxygens (including phenoxy) is 2. The van der Waals surface area contributed by atoms with Gasteiger partial charge in [-0.3, -0.25) is 9.59 Å². The smallest absolute Gasteiger partial charge is 0.342 e. The Morgan fingerprint density at radius 3 is 2.42 bits per heavy atom. The van der Waals surface area contributed by atoms with E-state index in [1.54, 1.807) is 25.1 Å².